The molecule has 1 aliphatic carbocycles. The molecule has 1 saturated carbocycles. The minimum Gasteiger partial charge on any atom is -0.485 e. The SMILES string of the molecule is Cc1oc(CNC2CC2)cc1COc1cnn(C(C)C)c1. The van der Waals surface area contributed by atoms with Crippen molar-refractivity contribution in [2.45, 2.75) is 58.8 Å². The van der Waals surface area contributed by atoms with Gasteiger partial charge in [-0.3, -0.25) is 4.68 Å². The first-order valence-corrected chi connectivity index (χ1v) is 7.60. The van der Waals surface area contributed by atoms with Crippen LogP contribution in [0.5, 0.6) is 5.75 Å². The molecule has 2 heterocycles. The van der Waals surface area contributed by atoms with Gasteiger partial charge in [0.1, 0.15) is 18.1 Å². The van der Waals surface area contributed by atoms with Gasteiger partial charge in [0, 0.05) is 17.6 Å². The number of furan rings is 1. The van der Waals surface area contributed by atoms with E-state index in [9.17, 15) is 0 Å². The summed E-state index contributed by atoms with van der Waals surface area (Å²) in [6, 6.07) is 3.12. The highest BCUT2D eigenvalue weighted by molar-refractivity contribution is 5.21. The average Bonchev–Trinajstić information content (AvgIpc) is 3.03. The molecule has 0 aliphatic heterocycles. The molecule has 0 atom stereocenters. The van der Waals surface area contributed by atoms with Crippen LogP contribution in [0.3, 0.4) is 0 Å². The molecular weight excluding hydrogens is 266 g/mol. The van der Waals surface area contributed by atoms with Crippen molar-refractivity contribution < 1.29 is 9.15 Å². The lowest BCUT2D eigenvalue weighted by Crippen LogP contribution is -2.14. The second-order valence-electron chi connectivity index (χ2n) is 5.99. The molecule has 3 rings (SSSR count). The molecule has 1 aliphatic rings. The van der Waals surface area contributed by atoms with E-state index in [0.717, 1.165) is 29.4 Å². The molecule has 0 spiro atoms. The van der Waals surface area contributed by atoms with E-state index >= 15 is 0 Å². The van der Waals surface area contributed by atoms with E-state index in [1.54, 1.807) is 6.20 Å². The summed E-state index contributed by atoms with van der Waals surface area (Å²) in [5, 5.41) is 7.72. The Morgan fingerprint density at radius 1 is 1.48 bits per heavy atom. The number of aryl methyl sites for hydroxylation is 1. The summed E-state index contributed by atoms with van der Waals surface area (Å²) in [5.41, 5.74) is 1.10. The lowest BCUT2D eigenvalue weighted by Gasteiger charge is -2.04. The Morgan fingerprint density at radius 3 is 2.95 bits per heavy atom. The lowest BCUT2D eigenvalue weighted by atomic mass is 10.2. The zero-order chi connectivity index (χ0) is 14.8. The van der Waals surface area contributed by atoms with Gasteiger partial charge in [0.15, 0.2) is 5.75 Å². The Balaban J connectivity index is 1.55. The van der Waals surface area contributed by atoms with Crippen molar-refractivity contribution in [3.63, 3.8) is 0 Å². The summed E-state index contributed by atoms with van der Waals surface area (Å²) in [7, 11) is 0. The van der Waals surface area contributed by atoms with E-state index in [1.165, 1.54) is 12.8 Å². The molecule has 5 nitrogen and oxygen atoms in total. The number of nitrogens with zero attached hydrogens (tertiary/aromatic N) is 2. The molecule has 2 aromatic rings. The Bertz CT molecular complexity index is 596. The van der Waals surface area contributed by atoms with Gasteiger partial charge >= 0.3 is 0 Å². The molecule has 114 valence electrons. The monoisotopic (exact) mass is 289 g/mol. The minimum atomic E-state index is 0.345. The molecular formula is C16H23N3O2. The second kappa shape index (κ2) is 5.93. The maximum atomic E-state index is 5.79. The van der Waals surface area contributed by atoms with E-state index in [2.05, 4.69) is 30.3 Å². The van der Waals surface area contributed by atoms with E-state index in [1.807, 2.05) is 17.8 Å². The van der Waals surface area contributed by atoms with Crippen LogP contribution in [0.1, 0.15) is 49.8 Å². The van der Waals surface area contributed by atoms with Crippen LogP contribution in [-0.4, -0.2) is 15.8 Å². The van der Waals surface area contributed by atoms with E-state index in [4.69, 9.17) is 9.15 Å². The maximum Gasteiger partial charge on any atom is 0.157 e. The summed E-state index contributed by atoms with van der Waals surface area (Å²) in [6.45, 7) is 7.49. The van der Waals surface area contributed by atoms with Crippen molar-refractivity contribution in [3.05, 3.63) is 35.5 Å². The quantitative estimate of drug-likeness (QED) is 0.850. The van der Waals surface area contributed by atoms with Crippen LogP contribution < -0.4 is 10.1 Å². The molecule has 0 saturated heterocycles. The summed E-state index contributed by atoms with van der Waals surface area (Å²) < 4.78 is 13.4. The van der Waals surface area contributed by atoms with Gasteiger partial charge in [-0.2, -0.15) is 5.10 Å². The van der Waals surface area contributed by atoms with Gasteiger partial charge in [-0.1, -0.05) is 0 Å². The fourth-order valence-electron chi connectivity index (χ4n) is 2.19. The third-order valence-corrected chi connectivity index (χ3v) is 3.72. The van der Waals surface area contributed by atoms with Crippen molar-refractivity contribution in [2.24, 2.45) is 0 Å². The van der Waals surface area contributed by atoms with Gasteiger partial charge in [-0.05, 0) is 39.7 Å². The Morgan fingerprint density at radius 2 is 2.29 bits per heavy atom. The second-order valence-corrected chi connectivity index (χ2v) is 5.99. The fraction of sp³-hybridized carbons (Fsp3) is 0.562. The Labute approximate surface area is 125 Å². The first-order valence-electron chi connectivity index (χ1n) is 7.60. The predicted octanol–water partition coefficient (Wildman–Crippen LogP) is 3.20. The van der Waals surface area contributed by atoms with Gasteiger partial charge in [-0.15, -0.1) is 0 Å². The zero-order valence-corrected chi connectivity index (χ0v) is 12.9. The van der Waals surface area contributed by atoms with Crippen molar-refractivity contribution in [2.75, 3.05) is 0 Å². The molecule has 5 heteroatoms. The molecule has 1 N–H and O–H groups in total. The van der Waals surface area contributed by atoms with Gasteiger partial charge in [0.25, 0.3) is 0 Å². The summed E-state index contributed by atoms with van der Waals surface area (Å²) >= 11 is 0. The topological polar surface area (TPSA) is 52.2 Å². The first-order chi connectivity index (χ1) is 10.1. The molecule has 21 heavy (non-hydrogen) atoms. The van der Waals surface area contributed by atoms with Crippen LogP contribution >= 0.6 is 0 Å². The standard InChI is InChI=1S/C16H23N3O2/c1-11(2)19-9-16(8-18-19)20-10-13-6-15(21-12(13)3)7-17-14-4-5-14/h6,8-9,11,14,17H,4-5,7,10H2,1-3H3. The van der Waals surface area contributed by atoms with Crippen molar-refractivity contribution in [1.82, 2.24) is 15.1 Å². The van der Waals surface area contributed by atoms with Crippen molar-refractivity contribution >= 4 is 0 Å². The first kappa shape index (κ1) is 14.2. The fourth-order valence-corrected chi connectivity index (χ4v) is 2.19. The van der Waals surface area contributed by atoms with Crippen molar-refractivity contribution in [3.8, 4) is 5.75 Å². The number of hydrogen-bond acceptors (Lipinski definition) is 4. The zero-order valence-electron chi connectivity index (χ0n) is 12.9. The molecule has 0 bridgehead atoms. The van der Waals surface area contributed by atoms with E-state index in [-0.39, 0.29) is 0 Å². The number of aromatic nitrogens is 2. The highest BCUT2D eigenvalue weighted by atomic mass is 16.5. The molecule has 0 aromatic carbocycles. The molecule has 0 unspecified atom stereocenters. The summed E-state index contributed by atoms with van der Waals surface area (Å²) in [5.74, 6) is 2.71. The van der Waals surface area contributed by atoms with Crippen molar-refractivity contribution in [1.29, 1.82) is 0 Å². The normalized spacial score (nSPS) is 14.9. The molecule has 0 radical (unpaired) electrons. The van der Waals surface area contributed by atoms with Crippen LogP contribution in [-0.2, 0) is 13.2 Å². The smallest absolute Gasteiger partial charge is 0.157 e. The third-order valence-electron chi connectivity index (χ3n) is 3.72. The van der Waals surface area contributed by atoms with Crippen LogP contribution in [0.25, 0.3) is 0 Å². The third kappa shape index (κ3) is 3.67. The summed E-state index contributed by atoms with van der Waals surface area (Å²) in [6.07, 6.45) is 6.26. The minimum absolute atomic E-state index is 0.345. The van der Waals surface area contributed by atoms with Gasteiger partial charge in [-0.25, -0.2) is 0 Å². The number of ether oxygens (including phenoxy) is 1. The largest absolute Gasteiger partial charge is 0.485 e. The Kier molecular flexibility index (Phi) is 4.01. The lowest BCUT2D eigenvalue weighted by molar-refractivity contribution is 0.302. The highest BCUT2D eigenvalue weighted by Crippen LogP contribution is 2.22. The van der Waals surface area contributed by atoms with Crippen LogP contribution in [0.2, 0.25) is 0 Å². The van der Waals surface area contributed by atoms with Gasteiger partial charge < -0.3 is 14.5 Å². The van der Waals surface area contributed by atoms with Crippen LogP contribution in [0, 0.1) is 6.92 Å². The van der Waals surface area contributed by atoms with E-state index < -0.39 is 0 Å². The van der Waals surface area contributed by atoms with E-state index in [0.29, 0.717) is 18.7 Å². The predicted molar refractivity (Wildman–Crippen MR) is 80.3 cm³/mol. The number of nitrogens with one attached hydrogen (secondary N) is 1. The van der Waals surface area contributed by atoms with Gasteiger partial charge in [0.05, 0.1) is 18.9 Å². The van der Waals surface area contributed by atoms with Crippen LogP contribution in [0.4, 0.5) is 0 Å². The average molecular weight is 289 g/mol. The van der Waals surface area contributed by atoms with Crippen LogP contribution in [0.15, 0.2) is 22.9 Å². The summed E-state index contributed by atoms with van der Waals surface area (Å²) in [4.78, 5) is 0. The Hall–Kier alpha value is -1.75. The molecule has 0 amide bonds. The molecule has 2 aromatic heterocycles. The number of hydrogen-bond donors (Lipinski definition) is 1. The molecule has 1 fully saturated rings. The number of rotatable bonds is 7. The maximum absolute atomic E-state index is 5.79. The van der Waals surface area contributed by atoms with Gasteiger partial charge in [0.2, 0.25) is 0 Å². The highest BCUT2D eigenvalue weighted by Gasteiger charge is 2.21.